The van der Waals surface area contributed by atoms with Crippen LogP contribution >= 0.6 is 0 Å². The summed E-state index contributed by atoms with van der Waals surface area (Å²) in [7, 11) is 1.78. The van der Waals surface area contributed by atoms with Gasteiger partial charge in [-0.1, -0.05) is 30.3 Å². The minimum absolute atomic E-state index is 0.00481. The minimum Gasteiger partial charge on any atom is -0.457 e. The summed E-state index contributed by atoms with van der Waals surface area (Å²) in [6.45, 7) is 0. The lowest BCUT2D eigenvalue weighted by Gasteiger charge is -2.33. The summed E-state index contributed by atoms with van der Waals surface area (Å²) in [5, 5.41) is 4.40. The van der Waals surface area contributed by atoms with E-state index in [1.807, 2.05) is 54.6 Å². The van der Waals surface area contributed by atoms with Crippen LogP contribution in [0.15, 0.2) is 59.0 Å². The highest BCUT2D eigenvalue weighted by Gasteiger charge is 2.31. The van der Waals surface area contributed by atoms with Crippen LogP contribution in [0.3, 0.4) is 0 Å². The molecule has 4 nitrogen and oxygen atoms in total. The number of hydrogen-bond donors (Lipinski definition) is 1. The Kier molecular flexibility index (Phi) is 2.51. The maximum Gasteiger partial charge on any atom is 0.257 e. The number of carbonyl (C=O) groups excluding carboxylic acids is 1. The third-order valence-corrected chi connectivity index (χ3v) is 3.87. The van der Waals surface area contributed by atoms with Crippen molar-refractivity contribution >= 4 is 22.6 Å². The van der Waals surface area contributed by atoms with Crippen LogP contribution in [-0.2, 0) is 0 Å². The zero-order chi connectivity index (χ0) is 14.4. The van der Waals surface area contributed by atoms with Crippen LogP contribution < -0.4 is 5.32 Å². The molecule has 1 amide bonds. The van der Waals surface area contributed by atoms with Crippen LogP contribution in [0.4, 0.5) is 5.69 Å². The summed E-state index contributed by atoms with van der Waals surface area (Å²) in [5.41, 5.74) is 2.35. The number of hydrogen-bond acceptors (Lipinski definition) is 3. The predicted molar refractivity (Wildman–Crippen MR) is 81.1 cm³/mol. The van der Waals surface area contributed by atoms with Gasteiger partial charge in [0.1, 0.15) is 11.3 Å². The number of para-hydroxylation sites is 2. The summed E-state index contributed by atoms with van der Waals surface area (Å²) in [6, 6.07) is 17.3. The van der Waals surface area contributed by atoms with Gasteiger partial charge < -0.3 is 14.6 Å². The van der Waals surface area contributed by atoms with Gasteiger partial charge in [0.2, 0.25) is 0 Å². The lowest BCUT2D eigenvalue weighted by molar-refractivity contribution is 0.0720. The molecule has 4 rings (SSSR count). The van der Waals surface area contributed by atoms with Gasteiger partial charge in [-0.25, -0.2) is 0 Å². The Bertz CT molecular complexity index is 804. The van der Waals surface area contributed by atoms with E-state index in [1.54, 1.807) is 11.9 Å². The molecule has 0 bridgehead atoms. The number of nitrogens with one attached hydrogen (secondary N) is 1. The number of fused-ring (bicyclic) bond motifs is 2. The summed E-state index contributed by atoms with van der Waals surface area (Å²) in [6.07, 6.45) is -0.292. The van der Waals surface area contributed by atoms with Gasteiger partial charge in [-0.05, 0) is 24.3 Å². The molecule has 2 heterocycles. The fourth-order valence-electron chi connectivity index (χ4n) is 2.75. The van der Waals surface area contributed by atoms with Crippen LogP contribution in [0.1, 0.15) is 22.3 Å². The van der Waals surface area contributed by atoms with Crippen LogP contribution in [-0.4, -0.2) is 17.9 Å². The maximum atomic E-state index is 12.5. The first-order chi connectivity index (χ1) is 10.2. The van der Waals surface area contributed by atoms with Crippen molar-refractivity contribution in [2.75, 3.05) is 12.4 Å². The summed E-state index contributed by atoms with van der Waals surface area (Å²) >= 11 is 0. The average Bonchev–Trinajstić information content (AvgIpc) is 2.94. The van der Waals surface area contributed by atoms with E-state index in [1.165, 1.54) is 0 Å². The van der Waals surface area contributed by atoms with Crippen molar-refractivity contribution in [2.45, 2.75) is 6.17 Å². The van der Waals surface area contributed by atoms with Gasteiger partial charge in [0.15, 0.2) is 6.17 Å². The highest BCUT2D eigenvalue weighted by atomic mass is 16.3. The van der Waals surface area contributed by atoms with Gasteiger partial charge >= 0.3 is 0 Å². The lowest BCUT2D eigenvalue weighted by Crippen LogP contribution is -2.39. The van der Waals surface area contributed by atoms with Gasteiger partial charge in [0.05, 0.1) is 5.56 Å². The van der Waals surface area contributed by atoms with Gasteiger partial charge in [-0.2, -0.15) is 0 Å². The molecule has 1 aromatic heterocycles. The molecule has 2 aromatic carbocycles. The molecule has 1 atom stereocenters. The monoisotopic (exact) mass is 278 g/mol. The molecule has 0 radical (unpaired) electrons. The van der Waals surface area contributed by atoms with Crippen LogP contribution in [0.5, 0.6) is 0 Å². The fourth-order valence-corrected chi connectivity index (χ4v) is 2.75. The molecule has 1 N–H and O–H groups in total. The predicted octanol–water partition coefficient (Wildman–Crippen LogP) is 3.63. The van der Waals surface area contributed by atoms with E-state index in [-0.39, 0.29) is 12.1 Å². The van der Waals surface area contributed by atoms with Crippen molar-refractivity contribution in [1.82, 2.24) is 4.90 Å². The molecule has 1 aliphatic heterocycles. The molecule has 0 aliphatic carbocycles. The topological polar surface area (TPSA) is 45.5 Å². The molecular weight excluding hydrogens is 264 g/mol. The second kappa shape index (κ2) is 4.38. The minimum atomic E-state index is -0.292. The van der Waals surface area contributed by atoms with Crippen molar-refractivity contribution in [3.8, 4) is 0 Å². The molecule has 4 heteroatoms. The molecule has 104 valence electrons. The highest BCUT2D eigenvalue weighted by molar-refractivity contribution is 6.01. The molecular formula is C17H14N2O2. The summed E-state index contributed by atoms with van der Waals surface area (Å²) < 4.78 is 5.88. The largest absolute Gasteiger partial charge is 0.457 e. The molecule has 3 aromatic rings. The molecule has 1 unspecified atom stereocenters. The third-order valence-electron chi connectivity index (χ3n) is 3.87. The standard InChI is InChI=1S/C17H14N2O2/c1-19-16(15-10-11-6-2-5-9-14(11)21-15)18-13-8-4-3-7-12(13)17(19)20/h2-10,16,18H,1H3. The zero-order valence-corrected chi connectivity index (χ0v) is 11.5. The molecule has 21 heavy (non-hydrogen) atoms. The van der Waals surface area contributed by atoms with E-state index < -0.39 is 0 Å². The number of furan rings is 1. The first-order valence-corrected chi connectivity index (χ1v) is 6.85. The van der Waals surface area contributed by atoms with E-state index in [9.17, 15) is 4.79 Å². The number of amides is 1. The van der Waals surface area contributed by atoms with Crippen LogP contribution in [0.2, 0.25) is 0 Å². The van der Waals surface area contributed by atoms with E-state index in [0.717, 1.165) is 22.4 Å². The average molecular weight is 278 g/mol. The lowest BCUT2D eigenvalue weighted by atomic mass is 10.1. The van der Waals surface area contributed by atoms with Gasteiger partial charge in [-0.15, -0.1) is 0 Å². The van der Waals surface area contributed by atoms with Crippen molar-refractivity contribution in [3.63, 3.8) is 0 Å². The highest BCUT2D eigenvalue weighted by Crippen LogP contribution is 2.34. The van der Waals surface area contributed by atoms with Crippen molar-refractivity contribution in [3.05, 3.63) is 65.9 Å². The van der Waals surface area contributed by atoms with Crippen molar-refractivity contribution in [2.24, 2.45) is 0 Å². The quantitative estimate of drug-likeness (QED) is 0.739. The summed E-state index contributed by atoms with van der Waals surface area (Å²) in [4.78, 5) is 14.1. The first kappa shape index (κ1) is 12.0. The Morgan fingerprint density at radius 1 is 1.10 bits per heavy atom. The molecule has 0 saturated carbocycles. The molecule has 0 spiro atoms. The zero-order valence-electron chi connectivity index (χ0n) is 11.5. The number of nitrogens with zero attached hydrogens (tertiary/aromatic N) is 1. The molecule has 0 saturated heterocycles. The van der Waals surface area contributed by atoms with Gasteiger partial charge in [-0.3, -0.25) is 4.79 Å². The van der Waals surface area contributed by atoms with E-state index in [0.29, 0.717) is 5.56 Å². The number of benzene rings is 2. The van der Waals surface area contributed by atoms with Crippen LogP contribution in [0, 0.1) is 0 Å². The second-order valence-electron chi connectivity index (χ2n) is 5.20. The third kappa shape index (κ3) is 1.80. The van der Waals surface area contributed by atoms with Gasteiger partial charge in [0, 0.05) is 18.1 Å². The fraction of sp³-hybridized carbons (Fsp3) is 0.118. The number of anilines is 1. The van der Waals surface area contributed by atoms with E-state index in [4.69, 9.17) is 4.42 Å². The number of rotatable bonds is 1. The Morgan fingerprint density at radius 3 is 2.71 bits per heavy atom. The maximum absolute atomic E-state index is 12.5. The Hall–Kier alpha value is -2.75. The van der Waals surface area contributed by atoms with Gasteiger partial charge in [0.25, 0.3) is 5.91 Å². The second-order valence-corrected chi connectivity index (χ2v) is 5.20. The SMILES string of the molecule is CN1C(=O)c2ccccc2NC1c1cc2ccccc2o1. The molecule has 1 aliphatic rings. The Balaban J connectivity index is 1.80. The molecule has 0 fully saturated rings. The number of carbonyl (C=O) groups is 1. The van der Waals surface area contributed by atoms with Crippen molar-refractivity contribution < 1.29 is 9.21 Å². The Morgan fingerprint density at radius 2 is 1.86 bits per heavy atom. The summed E-state index contributed by atoms with van der Waals surface area (Å²) in [5.74, 6) is 0.733. The first-order valence-electron chi connectivity index (χ1n) is 6.85. The normalized spacial score (nSPS) is 17.7. The van der Waals surface area contributed by atoms with E-state index in [2.05, 4.69) is 5.32 Å². The Labute approximate surface area is 122 Å². The van der Waals surface area contributed by atoms with Crippen LogP contribution in [0.25, 0.3) is 11.0 Å². The smallest absolute Gasteiger partial charge is 0.257 e. The van der Waals surface area contributed by atoms with E-state index >= 15 is 0 Å². The van der Waals surface area contributed by atoms with Crippen molar-refractivity contribution in [1.29, 1.82) is 0 Å².